The van der Waals surface area contributed by atoms with Crippen LogP contribution in [0.25, 0.3) is 0 Å². The molecule has 2 aromatic carbocycles. The topological polar surface area (TPSA) is 80.5 Å². The third kappa shape index (κ3) is 3.76. The predicted molar refractivity (Wildman–Crippen MR) is 96.9 cm³/mol. The van der Waals surface area contributed by atoms with E-state index in [1.807, 2.05) is 0 Å². The van der Waals surface area contributed by atoms with Crippen molar-refractivity contribution >= 4 is 39.0 Å². The van der Waals surface area contributed by atoms with Gasteiger partial charge >= 0.3 is 0 Å². The molecule has 0 bridgehead atoms. The molecule has 3 rings (SSSR count). The first-order valence-corrected chi connectivity index (χ1v) is 8.61. The number of nitrogens with zero attached hydrogens (tertiary/aromatic N) is 2. The zero-order valence-electron chi connectivity index (χ0n) is 13.3. The van der Waals surface area contributed by atoms with E-state index in [-0.39, 0.29) is 30.2 Å². The summed E-state index contributed by atoms with van der Waals surface area (Å²) >= 11 is 3.31. The van der Waals surface area contributed by atoms with Gasteiger partial charge in [0, 0.05) is 41.6 Å². The maximum Gasteiger partial charge on any atom is 0.271 e. The Morgan fingerprint density at radius 3 is 2.52 bits per heavy atom. The summed E-state index contributed by atoms with van der Waals surface area (Å²) in [6.45, 7) is 0.488. The number of nitro benzene ring substituents is 1. The molecule has 1 heterocycles. The van der Waals surface area contributed by atoms with E-state index in [4.69, 9.17) is 0 Å². The molecule has 0 atom stereocenters. The quantitative estimate of drug-likeness (QED) is 0.431. The van der Waals surface area contributed by atoms with Crippen LogP contribution < -0.4 is 4.90 Å². The summed E-state index contributed by atoms with van der Waals surface area (Å²) in [4.78, 5) is 36.7. The number of amides is 1. The van der Waals surface area contributed by atoms with Gasteiger partial charge in [-0.25, -0.2) is 0 Å². The molecule has 1 aliphatic rings. The summed E-state index contributed by atoms with van der Waals surface area (Å²) in [5, 5.41) is 10.9. The van der Waals surface area contributed by atoms with Crippen LogP contribution in [0.4, 0.5) is 11.4 Å². The Morgan fingerprint density at radius 1 is 1.12 bits per heavy atom. The number of hydrogen-bond acceptors (Lipinski definition) is 4. The highest BCUT2D eigenvalue weighted by atomic mass is 79.9. The maximum atomic E-state index is 12.5. The summed E-state index contributed by atoms with van der Waals surface area (Å²) in [7, 11) is 0. The highest BCUT2D eigenvalue weighted by molar-refractivity contribution is 9.10. The number of halogens is 1. The normalized spacial score (nSPS) is 12.8. The number of Topliss-reactive ketones (excluding diaryl/α,β-unsaturated/α-hetero) is 1. The largest absolute Gasteiger partial charge is 0.312 e. The van der Waals surface area contributed by atoms with Crippen LogP contribution in [0.2, 0.25) is 0 Å². The molecular formula is C18H15BrN2O4. The molecule has 0 saturated heterocycles. The molecule has 0 saturated carbocycles. The van der Waals surface area contributed by atoms with Crippen LogP contribution in [-0.2, 0) is 11.2 Å². The highest BCUT2D eigenvalue weighted by Crippen LogP contribution is 2.32. The fourth-order valence-corrected chi connectivity index (χ4v) is 3.14. The van der Waals surface area contributed by atoms with Gasteiger partial charge in [-0.15, -0.1) is 0 Å². The lowest BCUT2D eigenvalue weighted by molar-refractivity contribution is -0.384. The Balaban J connectivity index is 1.67. The summed E-state index contributed by atoms with van der Waals surface area (Å²) in [5.74, 6) is -0.288. The summed E-state index contributed by atoms with van der Waals surface area (Å²) in [6.07, 6.45) is 0.859. The van der Waals surface area contributed by atoms with Gasteiger partial charge in [0.2, 0.25) is 5.91 Å². The van der Waals surface area contributed by atoms with Gasteiger partial charge in [-0.05, 0) is 24.1 Å². The molecule has 0 radical (unpaired) electrons. The number of benzene rings is 2. The maximum absolute atomic E-state index is 12.5. The van der Waals surface area contributed by atoms with Crippen LogP contribution in [0, 0.1) is 10.1 Å². The van der Waals surface area contributed by atoms with Crippen molar-refractivity contribution in [1.82, 2.24) is 0 Å². The lowest BCUT2D eigenvalue weighted by Gasteiger charge is -2.17. The highest BCUT2D eigenvalue weighted by Gasteiger charge is 2.26. The molecule has 0 N–H and O–H groups in total. The van der Waals surface area contributed by atoms with Gasteiger partial charge in [0.1, 0.15) is 0 Å². The first kappa shape index (κ1) is 17.3. The van der Waals surface area contributed by atoms with Crippen LogP contribution in [0.3, 0.4) is 0 Å². The molecule has 0 aromatic heterocycles. The van der Waals surface area contributed by atoms with Crippen molar-refractivity contribution in [3.8, 4) is 0 Å². The van der Waals surface area contributed by atoms with E-state index >= 15 is 0 Å². The number of carbonyl (C=O) groups excluding carboxylic acids is 2. The van der Waals surface area contributed by atoms with Crippen molar-refractivity contribution < 1.29 is 14.5 Å². The van der Waals surface area contributed by atoms with Gasteiger partial charge < -0.3 is 4.90 Å². The summed E-state index contributed by atoms with van der Waals surface area (Å²) < 4.78 is 0.885. The van der Waals surface area contributed by atoms with E-state index in [2.05, 4.69) is 15.9 Å². The lowest BCUT2D eigenvalue weighted by atomic mass is 10.1. The Labute approximate surface area is 152 Å². The van der Waals surface area contributed by atoms with Crippen molar-refractivity contribution in [1.29, 1.82) is 0 Å². The van der Waals surface area contributed by atoms with Crippen LogP contribution in [0.5, 0.6) is 0 Å². The third-order valence-electron chi connectivity index (χ3n) is 4.21. The number of ketones is 1. The van der Waals surface area contributed by atoms with E-state index in [0.717, 1.165) is 10.0 Å². The predicted octanol–water partition coefficient (Wildman–Crippen LogP) is 3.91. The summed E-state index contributed by atoms with van der Waals surface area (Å²) in [5.41, 5.74) is 2.02. The zero-order chi connectivity index (χ0) is 18.0. The van der Waals surface area contributed by atoms with Crippen LogP contribution in [-0.4, -0.2) is 23.2 Å². The van der Waals surface area contributed by atoms with E-state index in [9.17, 15) is 19.7 Å². The monoisotopic (exact) mass is 402 g/mol. The molecule has 6 nitrogen and oxygen atoms in total. The zero-order valence-corrected chi connectivity index (χ0v) is 14.9. The minimum absolute atomic E-state index is 0.0376. The molecule has 2 aromatic rings. The number of non-ortho nitro benzene ring substituents is 1. The van der Waals surface area contributed by atoms with Gasteiger partial charge in [0.05, 0.1) is 10.6 Å². The van der Waals surface area contributed by atoms with Gasteiger partial charge in [-0.2, -0.15) is 0 Å². The SMILES string of the molecule is O=C(CCC(=O)N1CCc2ccc([N+](=O)[O-])cc21)c1ccc(Br)cc1. The van der Waals surface area contributed by atoms with Crippen LogP contribution in [0.15, 0.2) is 46.9 Å². The van der Waals surface area contributed by atoms with Crippen molar-refractivity contribution in [3.05, 3.63) is 68.2 Å². The Hall–Kier alpha value is -2.54. The molecule has 0 fully saturated rings. The minimum atomic E-state index is -0.474. The number of carbonyl (C=O) groups is 2. The molecule has 0 unspecified atom stereocenters. The minimum Gasteiger partial charge on any atom is -0.312 e. The molecule has 0 spiro atoms. The average molecular weight is 403 g/mol. The molecule has 128 valence electrons. The lowest BCUT2D eigenvalue weighted by Crippen LogP contribution is -2.29. The fraction of sp³-hybridized carbons (Fsp3) is 0.222. The van der Waals surface area contributed by atoms with Crippen molar-refractivity contribution in [2.24, 2.45) is 0 Å². The fourth-order valence-electron chi connectivity index (χ4n) is 2.88. The number of rotatable bonds is 5. The molecule has 7 heteroatoms. The van der Waals surface area contributed by atoms with Gasteiger partial charge in [-0.1, -0.05) is 34.1 Å². The second kappa shape index (κ2) is 7.14. The van der Waals surface area contributed by atoms with Crippen molar-refractivity contribution in [2.45, 2.75) is 19.3 Å². The smallest absolute Gasteiger partial charge is 0.271 e. The Kier molecular flexibility index (Phi) is 4.94. The molecule has 25 heavy (non-hydrogen) atoms. The second-order valence-electron chi connectivity index (χ2n) is 5.80. The first-order valence-electron chi connectivity index (χ1n) is 7.82. The van der Waals surface area contributed by atoms with Gasteiger partial charge in [0.25, 0.3) is 5.69 Å². The van der Waals surface area contributed by atoms with Crippen LogP contribution in [0.1, 0.15) is 28.8 Å². The number of hydrogen-bond donors (Lipinski definition) is 0. The van der Waals surface area contributed by atoms with E-state index in [1.54, 1.807) is 30.3 Å². The standard InChI is InChI=1S/C18H15BrN2O4/c19-14-4-1-13(2-5-14)17(22)7-8-18(23)20-10-9-12-3-6-15(21(24)25)11-16(12)20/h1-6,11H,7-10H2. The third-order valence-corrected chi connectivity index (χ3v) is 4.74. The molecule has 1 aliphatic heterocycles. The first-order chi connectivity index (χ1) is 12.0. The molecular weight excluding hydrogens is 388 g/mol. The Bertz CT molecular complexity index is 849. The number of fused-ring (bicyclic) bond motifs is 1. The van der Waals surface area contributed by atoms with Gasteiger partial charge in [-0.3, -0.25) is 19.7 Å². The van der Waals surface area contributed by atoms with Crippen molar-refractivity contribution in [2.75, 3.05) is 11.4 Å². The van der Waals surface area contributed by atoms with Crippen LogP contribution >= 0.6 is 15.9 Å². The van der Waals surface area contributed by atoms with Gasteiger partial charge in [0.15, 0.2) is 5.78 Å². The molecule has 1 amide bonds. The van der Waals surface area contributed by atoms with E-state index < -0.39 is 4.92 Å². The molecule has 0 aliphatic carbocycles. The van der Waals surface area contributed by atoms with Crippen molar-refractivity contribution in [3.63, 3.8) is 0 Å². The van der Waals surface area contributed by atoms with E-state index in [0.29, 0.717) is 24.2 Å². The average Bonchev–Trinajstić information content (AvgIpc) is 3.03. The van der Waals surface area contributed by atoms with E-state index in [1.165, 1.54) is 17.0 Å². The second-order valence-corrected chi connectivity index (χ2v) is 6.71. The number of anilines is 1. The summed E-state index contributed by atoms with van der Waals surface area (Å²) in [6, 6.07) is 11.6. The Morgan fingerprint density at radius 2 is 1.84 bits per heavy atom. The number of nitro groups is 1.